The van der Waals surface area contributed by atoms with E-state index in [-0.39, 0.29) is 23.8 Å². The van der Waals surface area contributed by atoms with Gasteiger partial charge >= 0.3 is 0 Å². The van der Waals surface area contributed by atoms with Crippen LogP contribution in [0.5, 0.6) is 0 Å². The van der Waals surface area contributed by atoms with Gasteiger partial charge < -0.3 is 4.90 Å². The van der Waals surface area contributed by atoms with Crippen LogP contribution in [0.2, 0.25) is 0 Å². The van der Waals surface area contributed by atoms with Crippen molar-refractivity contribution in [2.24, 2.45) is 0 Å². The first-order chi connectivity index (χ1) is 25.2. The van der Waals surface area contributed by atoms with Gasteiger partial charge in [-0.2, -0.15) is 0 Å². The Morgan fingerprint density at radius 2 is 1.19 bits per heavy atom. The second kappa shape index (κ2) is 12.0. The predicted octanol–water partition coefficient (Wildman–Crippen LogP) is 7.68. The van der Waals surface area contributed by atoms with Gasteiger partial charge in [0.15, 0.2) is 11.6 Å². The van der Waals surface area contributed by atoms with Crippen molar-refractivity contribution in [3.8, 4) is 22.5 Å². The summed E-state index contributed by atoms with van der Waals surface area (Å²) in [4.78, 5) is 59.9. The number of rotatable bonds is 5. The molecule has 4 aromatic carbocycles. The summed E-state index contributed by atoms with van der Waals surface area (Å²) in [5.74, 6) is 2.90. The lowest BCUT2D eigenvalue weighted by molar-refractivity contribution is 0.0926. The normalized spacial score (nSPS) is 17.3. The minimum atomic E-state index is -0.372. The lowest BCUT2D eigenvalue weighted by Crippen LogP contribution is -2.32. The minimum Gasteiger partial charge on any atom is -0.333 e. The Kier molecular flexibility index (Phi) is 7.21. The van der Waals surface area contributed by atoms with Crippen LogP contribution in [-0.4, -0.2) is 47.8 Å². The zero-order valence-electron chi connectivity index (χ0n) is 28.9. The Labute approximate surface area is 300 Å². The average Bonchev–Trinajstić information content (AvgIpc) is 3.60. The molecule has 2 aromatic heterocycles. The number of nitrogens with zero attached hydrogens (tertiary/aromatic N) is 8. The maximum Gasteiger partial charge on any atom is 0.268 e. The van der Waals surface area contributed by atoms with Gasteiger partial charge in [0.1, 0.15) is 23.3 Å². The Bertz CT molecular complexity index is 2500. The highest BCUT2D eigenvalue weighted by atomic mass is 16.2. The summed E-state index contributed by atoms with van der Waals surface area (Å²) in [7, 11) is 0. The molecule has 2 amide bonds. The van der Waals surface area contributed by atoms with Gasteiger partial charge in [-0.1, -0.05) is 78.9 Å². The molecule has 6 aromatic rings. The second-order valence-electron chi connectivity index (χ2n) is 13.2. The molecule has 52 heavy (non-hydrogen) atoms. The third kappa shape index (κ3) is 5.02. The highest BCUT2D eigenvalue weighted by Gasteiger charge is 2.45. The van der Waals surface area contributed by atoms with E-state index < -0.39 is 0 Å². The summed E-state index contributed by atoms with van der Waals surface area (Å²) in [6.45, 7) is 7.42. The quantitative estimate of drug-likeness (QED) is 0.169. The van der Waals surface area contributed by atoms with Gasteiger partial charge in [0.25, 0.3) is 11.8 Å². The summed E-state index contributed by atoms with van der Waals surface area (Å²) >= 11 is 0. The lowest BCUT2D eigenvalue weighted by atomic mass is 9.88. The number of hydrogen-bond donors (Lipinski definition) is 0. The minimum absolute atomic E-state index is 0.0587. The predicted molar refractivity (Wildman–Crippen MR) is 199 cm³/mol. The van der Waals surface area contributed by atoms with Crippen LogP contribution in [-0.2, 0) is 0 Å². The molecule has 0 N–H and O–H groups in total. The highest BCUT2D eigenvalue weighted by Crippen LogP contribution is 2.52. The van der Waals surface area contributed by atoms with E-state index in [0.717, 1.165) is 33.5 Å². The SMILES string of the molecule is Cc1nc(C)nc(C2=CC3C(C=C2)c2ccc(-c4nc(C)nc(C)n4)cc2N3c2cccc3c2C(=O)N(c2ccccc2-c2ccccc2)C3=O)n1. The molecule has 0 bridgehead atoms. The summed E-state index contributed by atoms with van der Waals surface area (Å²) < 4.78 is 0. The van der Waals surface area contributed by atoms with Crippen LogP contribution in [0, 0.1) is 27.7 Å². The number of hydrogen-bond acceptors (Lipinski definition) is 9. The van der Waals surface area contributed by atoms with E-state index in [9.17, 15) is 9.59 Å². The number of amides is 2. The molecule has 252 valence electrons. The van der Waals surface area contributed by atoms with Gasteiger partial charge in [-0.05, 0) is 69.2 Å². The molecule has 2 unspecified atom stereocenters. The molecule has 9 rings (SSSR count). The van der Waals surface area contributed by atoms with Gasteiger partial charge in [-0.3, -0.25) is 9.59 Å². The number of carbonyl (C=O) groups is 2. The van der Waals surface area contributed by atoms with Crippen molar-refractivity contribution in [1.29, 1.82) is 0 Å². The molecule has 2 atom stereocenters. The topological polar surface area (TPSA) is 118 Å². The van der Waals surface area contributed by atoms with Gasteiger partial charge in [0.2, 0.25) is 0 Å². The summed E-state index contributed by atoms with van der Waals surface area (Å²) in [5.41, 5.74) is 7.24. The fraction of sp³-hybridized carbons (Fsp3) is 0.143. The number of carbonyl (C=O) groups excluding carboxylic acids is 2. The smallest absolute Gasteiger partial charge is 0.268 e. The Balaban J connectivity index is 1.22. The number of benzene rings is 4. The Morgan fingerprint density at radius 3 is 1.92 bits per heavy atom. The van der Waals surface area contributed by atoms with E-state index in [0.29, 0.717) is 57.4 Å². The zero-order chi connectivity index (χ0) is 35.7. The highest BCUT2D eigenvalue weighted by molar-refractivity contribution is 6.37. The molecule has 0 fully saturated rings. The van der Waals surface area contributed by atoms with Crippen molar-refractivity contribution in [3.63, 3.8) is 0 Å². The van der Waals surface area contributed by atoms with E-state index in [1.165, 1.54) is 4.90 Å². The van der Waals surface area contributed by atoms with Crippen LogP contribution < -0.4 is 9.80 Å². The maximum atomic E-state index is 14.8. The Hall–Kier alpha value is -6.68. The summed E-state index contributed by atoms with van der Waals surface area (Å²) in [6, 6.07) is 28.8. The van der Waals surface area contributed by atoms with Crippen molar-refractivity contribution in [3.05, 3.63) is 155 Å². The number of anilines is 3. The molecule has 1 aliphatic carbocycles. The number of fused-ring (bicyclic) bond motifs is 4. The first kappa shape index (κ1) is 31.3. The molecule has 3 aliphatic rings. The molecular weight excluding hydrogens is 649 g/mol. The van der Waals surface area contributed by atoms with E-state index in [1.807, 2.05) is 100 Å². The van der Waals surface area contributed by atoms with E-state index in [1.54, 1.807) is 6.07 Å². The van der Waals surface area contributed by atoms with Crippen molar-refractivity contribution < 1.29 is 9.59 Å². The third-order valence-corrected chi connectivity index (χ3v) is 9.77. The van der Waals surface area contributed by atoms with Crippen LogP contribution >= 0.6 is 0 Å². The number of allylic oxidation sites excluding steroid dienone is 2. The van der Waals surface area contributed by atoms with Gasteiger partial charge in [-0.25, -0.2) is 34.8 Å². The molecule has 0 radical (unpaired) electrons. The molecule has 0 saturated carbocycles. The van der Waals surface area contributed by atoms with Crippen molar-refractivity contribution in [2.45, 2.75) is 39.7 Å². The van der Waals surface area contributed by atoms with Crippen molar-refractivity contribution in [2.75, 3.05) is 9.80 Å². The van der Waals surface area contributed by atoms with E-state index in [4.69, 9.17) is 0 Å². The molecule has 4 heterocycles. The molecule has 10 nitrogen and oxygen atoms in total. The van der Waals surface area contributed by atoms with E-state index >= 15 is 0 Å². The van der Waals surface area contributed by atoms with Gasteiger partial charge in [-0.15, -0.1) is 0 Å². The van der Waals surface area contributed by atoms with Crippen LogP contribution in [0.3, 0.4) is 0 Å². The van der Waals surface area contributed by atoms with Gasteiger partial charge in [0.05, 0.1) is 28.5 Å². The number of para-hydroxylation sites is 1. The van der Waals surface area contributed by atoms with Crippen LogP contribution in [0.4, 0.5) is 17.1 Å². The molecule has 2 aliphatic heterocycles. The van der Waals surface area contributed by atoms with Crippen molar-refractivity contribution in [1.82, 2.24) is 29.9 Å². The zero-order valence-corrected chi connectivity index (χ0v) is 28.9. The monoisotopic (exact) mass is 680 g/mol. The number of aromatic nitrogens is 6. The number of aryl methyl sites for hydroxylation is 4. The second-order valence-corrected chi connectivity index (χ2v) is 13.2. The van der Waals surface area contributed by atoms with Crippen molar-refractivity contribution >= 4 is 34.4 Å². The average molecular weight is 681 g/mol. The maximum absolute atomic E-state index is 14.8. The van der Waals surface area contributed by atoms with Crippen LogP contribution in [0.15, 0.2) is 109 Å². The van der Waals surface area contributed by atoms with Crippen LogP contribution in [0.25, 0.3) is 28.1 Å². The molecule has 10 heteroatoms. The van der Waals surface area contributed by atoms with E-state index in [2.05, 4.69) is 65.2 Å². The fourth-order valence-electron chi connectivity index (χ4n) is 7.67. The first-order valence-electron chi connectivity index (χ1n) is 17.1. The fourth-order valence-corrected chi connectivity index (χ4v) is 7.67. The molecular formula is C42H32N8O2. The lowest BCUT2D eigenvalue weighted by Gasteiger charge is -2.31. The standard InChI is InChI=1S/C42H32N8O2/c1-23-43-24(2)46-39(45-23)28-17-19-31-32-20-18-29(40-47-25(3)44-26(4)48-40)22-37(32)49(36(31)21-28)35-16-10-14-33-38(35)42(52)50(41(33)51)34-15-9-8-13-30(34)27-11-6-5-7-12-27/h5-22,31,36H,1-4H3. The first-order valence-corrected chi connectivity index (χ1v) is 17.1. The largest absolute Gasteiger partial charge is 0.333 e. The summed E-state index contributed by atoms with van der Waals surface area (Å²) in [6.07, 6.45) is 6.38. The molecule has 0 spiro atoms. The van der Waals surface area contributed by atoms with Gasteiger partial charge in [0, 0.05) is 28.3 Å². The summed E-state index contributed by atoms with van der Waals surface area (Å²) in [5, 5.41) is 0. The third-order valence-electron chi connectivity index (χ3n) is 9.77. The number of imide groups is 1. The molecule has 0 saturated heterocycles. The Morgan fingerprint density at radius 1 is 0.558 bits per heavy atom. The van der Waals surface area contributed by atoms with Crippen LogP contribution in [0.1, 0.15) is 61.3 Å².